The summed E-state index contributed by atoms with van der Waals surface area (Å²) < 4.78 is 5.38. The SMILES string of the molecule is CN=C(NCCN1CCOCC1)NCC(C)(C)NC(C)c1ccccc1. The molecule has 146 valence electrons. The zero-order chi connectivity index (χ0) is 18.8. The molecular formula is C20H35N5O. The van der Waals surface area contributed by atoms with Crippen molar-refractivity contribution < 1.29 is 4.74 Å². The fourth-order valence-corrected chi connectivity index (χ4v) is 3.14. The quantitative estimate of drug-likeness (QED) is 0.485. The lowest BCUT2D eigenvalue weighted by molar-refractivity contribution is 0.0389. The van der Waals surface area contributed by atoms with Crippen LogP contribution in [-0.2, 0) is 4.74 Å². The number of guanidine groups is 1. The molecule has 1 aromatic rings. The number of benzene rings is 1. The third kappa shape index (κ3) is 7.32. The zero-order valence-electron chi connectivity index (χ0n) is 16.7. The number of ether oxygens (including phenoxy) is 1. The summed E-state index contributed by atoms with van der Waals surface area (Å²) in [5.41, 5.74) is 1.24. The van der Waals surface area contributed by atoms with E-state index in [9.17, 15) is 0 Å². The molecule has 1 fully saturated rings. The first kappa shape index (κ1) is 20.7. The van der Waals surface area contributed by atoms with Gasteiger partial charge < -0.3 is 20.7 Å². The van der Waals surface area contributed by atoms with Gasteiger partial charge in [0.1, 0.15) is 0 Å². The number of rotatable bonds is 8. The highest BCUT2D eigenvalue weighted by molar-refractivity contribution is 5.79. The van der Waals surface area contributed by atoms with Gasteiger partial charge in [0, 0.05) is 51.4 Å². The van der Waals surface area contributed by atoms with Crippen molar-refractivity contribution in [1.29, 1.82) is 0 Å². The second kappa shape index (κ2) is 10.5. The van der Waals surface area contributed by atoms with Gasteiger partial charge in [-0.25, -0.2) is 0 Å². The molecule has 1 aliphatic heterocycles. The van der Waals surface area contributed by atoms with E-state index in [-0.39, 0.29) is 5.54 Å². The molecule has 6 nitrogen and oxygen atoms in total. The first-order chi connectivity index (χ1) is 12.5. The number of aliphatic imine (C=N–C) groups is 1. The van der Waals surface area contributed by atoms with Crippen LogP contribution in [-0.4, -0.2) is 69.4 Å². The van der Waals surface area contributed by atoms with E-state index < -0.39 is 0 Å². The first-order valence-corrected chi connectivity index (χ1v) is 9.57. The molecule has 0 bridgehead atoms. The van der Waals surface area contributed by atoms with E-state index in [0.29, 0.717) is 6.04 Å². The molecule has 26 heavy (non-hydrogen) atoms. The van der Waals surface area contributed by atoms with Gasteiger partial charge in [-0.05, 0) is 26.3 Å². The summed E-state index contributed by atoms with van der Waals surface area (Å²) in [6, 6.07) is 10.8. The lowest BCUT2D eigenvalue weighted by Crippen LogP contribution is -2.52. The average molecular weight is 362 g/mol. The van der Waals surface area contributed by atoms with E-state index in [1.54, 1.807) is 0 Å². The minimum atomic E-state index is -0.0584. The van der Waals surface area contributed by atoms with Gasteiger partial charge in [0.05, 0.1) is 13.2 Å². The van der Waals surface area contributed by atoms with E-state index in [4.69, 9.17) is 4.74 Å². The van der Waals surface area contributed by atoms with Crippen LogP contribution in [0.2, 0.25) is 0 Å². The summed E-state index contributed by atoms with van der Waals surface area (Å²) in [5.74, 6) is 0.848. The molecule has 0 amide bonds. The molecule has 1 saturated heterocycles. The van der Waals surface area contributed by atoms with Gasteiger partial charge in [-0.1, -0.05) is 30.3 Å². The number of hydrogen-bond donors (Lipinski definition) is 3. The minimum Gasteiger partial charge on any atom is -0.379 e. The summed E-state index contributed by atoms with van der Waals surface area (Å²) in [6.07, 6.45) is 0. The third-order valence-electron chi connectivity index (χ3n) is 4.65. The lowest BCUT2D eigenvalue weighted by Gasteiger charge is -2.31. The van der Waals surface area contributed by atoms with Crippen LogP contribution in [0.3, 0.4) is 0 Å². The summed E-state index contributed by atoms with van der Waals surface area (Å²) in [7, 11) is 1.82. The Hall–Kier alpha value is -1.63. The number of morpholine rings is 1. The van der Waals surface area contributed by atoms with Crippen molar-refractivity contribution in [3.63, 3.8) is 0 Å². The van der Waals surface area contributed by atoms with Gasteiger partial charge in [-0.2, -0.15) is 0 Å². The lowest BCUT2D eigenvalue weighted by atomic mass is 10.0. The van der Waals surface area contributed by atoms with E-state index >= 15 is 0 Å². The Morgan fingerprint density at radius 1 is 1.19 bits per heavy atom. The molecule has 1 aliphatic rings. The molecule has 1 unspecified atom stereocenters. The Morgan fingerprint density at radius 3 is 2.54 bits per heavy atom. The van der Waals surface area contributed by atoms with Crippen LogP contribution in [0.15, 0.2) is 35.3 Å². The zero-order valence-corrected chi connectivity index (χ0v) is 16.7. The number of nitrogens with zero attached hydrogens (tertiary/aromatic N) is 2. The Labute approximate surface area is 158 Å². The van der Waals surface area contributed by atoms with Crippen LogP contribution in [0, 0.1) is 0 Å². The van der Waals surface area contributed by atoms with Crippen LogP contribution in [0.5, 0.6) is 0 Å². The van der Waals surface area contributed by atoms with E-state index in [2.05, 4.69) is 76.9 Å². The topological polar surface area (TPSA) is 60.9 Å². The maximum atomic E-state index is 5.38. The second-order valence-corrected chi connectivity index (χ2v) is 7.47. The van der Waals surface area contributed by atoms with Crippen LogP contribution in [0.25, 0.3) is 0 Å². The van der Waals surface area contributed by atoms with E-state index in [1.165, 1.54) is 5.56 Å². The highest BCUT2D eigenvalue weighted by Gasteiger charge is 2.21. The highest BCUT2D eigenvalue weighted by atomic mass is 16.5. The van der Waals surface area contributed by atoms with Gasteiger partial charge in [0.15, 0.2) is 5.96 Å². The molecule has 0 spiro atoms. The van der Waals surface area contributed by atoms with Crippen molar-refractivity contribution in [3.8, 4) is 0 Å². The monoisotopic (exact) mass is 361 g/mol. The van der Waals surface area contributed by atoms with Gasteiger partial charge in [0.25, 0.3) is 0 Å². The molecule has 1 atom stereocenters. The van der Waals surface area contributed by atoms with E-state index in [0.717, 1.165) is 51.9 Å². The average Bonchev–Trinajstić information content (AvgIpc) is 2.65. The van der Waals surface area contributed by atoms with Crippen molar-refractivity contribution in [2.24, 2.45) is 4.99 Å². The minimum absolute atomic E-state index is 0.0584. The summed E-state index contributed by atoms with van der Waals surface area (Å²) in [4.78, 5) is 6.75. The van der Waals surface area contributed by atoms with Crippen LogP contribution < -0.4 is 16.0 Å². The van der Waals surface area contributed by atoms with Crippen LogP contribution >= 0.6 is 0 Å². The number of nitrogens with one attached hydrogen (secondary N) is 3. The summed E-state index contributed by atoms with van der Waals surface area (Å²) in [6.45, 7) is 13.0. The van der Waals surface area contributed by atoms with Gasteiger partial charge in [-0.3, -0.25) is 9.89 Å². The highest BCUT2D eigenvalue weighted by Crippen LogP contribution is 2.15. The maximum Gasteiger partial charge on any atom is 0.191 e. The molecule has 1 heterocycles. The fraction of sp³-hybridized carbons (Fsp3) is 0.650. The molecule has 2 rings (SSSR count). The number of hydrogen-bond acceptors (Lipinski definition) is 4. The molecular weight excluding hydrogens is 326 g/mol. The predicted octanol–water partition coefficient (Wildman–Crippen LogP) is 1.61. The van der Waals surface area contributed by atoms with Gasteiger partial charge in [0.2, 0.25) is 0 Å². The summed E-state index contributed by atoms with van der Waals surface area (Å²) in [5, 5.41) is 10.5. The van der Waals surface area contributed by atoms with Crippen molar-refractivity contribution in [2.45, 2.75) is 32.4 Å². The van der Waals surface area contributed by atoms with Crippen molar-refractivity contribution >= 4 is 5.96 Å². The molecule has 0 radical (unpaired) electrons. The van der Waals surface area contributed by atoms with Crippen LogP contribution in [0.1, 0.15) is 32.4 Å². The van der Waals surface area contributed by atoms with Gasteiger partial charge in [-0.15, -0.1) is 0 Å². The maximum absolute atomic E-state index is 5.38. The fourth-order valence-electron chi connectivity index (χ4n) is 3.14. The van der Waals surface area contributed by atoms with Crippen molar-refractivity contribution in [2.75, 3.05) is 53.0 Å². The molecule has 3 N–H and O–H groups in total. The summed E-state index contributed by atoms with van der Waals surface area (Å²) >= 11 is 0. The molecule has 6 heteroatoms. The Morgan fingerprint density at radius 2 is 1.88 bits per heavy atom. The molecule has 0 aliphatic carbocycles. The Balaban J connectivity index is 1.71. The molecule has 0 saturated carbocycles. The second-order valence-electron chi connectivity index (χ2n) is 7.47. The Kier molecular flexibility index (Phi) is 8.35. The van der Waals surface area contributed by atoms with Gasteiger partial charge >= 0.3 is 0 Å². The predicted molar refractivity (Wildman–Crippen MR) is 109 cm³/mol. The normalized spacial score (nSPS) is 17.8. The van der Waals surface area contributed by atoms with Crippen molar-refractivity contribution in [1.82, 2.24) is 20.9 Å². The smallest absolute Gasteiger partial charge is 0.191 e. The Bertz CT molecular complexity index is 540. The molecule has 0 aromatic heterocycles. The first-order valence-electron chi connectivity index (χ1n) is 9.57. The largest absolute Gasteiger partial charge is 0.379 e. The molecule has 1 aromatic carbocycles. The van der Waals surface area contributed by atoms with Crippen molar-refractivity contribution in [3.05, 3.63) is 35.9 Å². The standard InChI is InChI=1S/C20H35N5O/c1-17(18-8-6-5-7-9-18)24-20(2,3)16-23-19(21-4)22-10-11-25-12-14-26-15-13-25/h5-9,17,24H,10-16H2,1-4H3,(H2,21,22,23). The van der Waals surface area contributed by atoms with Crippen LogP contribution in [0.4, 0.5) is 0 Å². The van der Waals surface area contributed by atoms with E-state index in [1.807, 2.05) is 7.05 Å². The third-order valence-corrected chi connectivity index (χ3v) is 4.65.